The van der Waals surface area contributed by atoms with Gasteiger partial charge in [-0.25, -0.2) is 0 Å². The van der Waals surface area contributed by atoms with E-state index in [-0.39, 0.29) is 11.8 Å². The van der Waals surface area contributed by atoms with Crippen molar-refractivity contribution in [3.8, 4) is 0 Å². The molecular formula is C12H14O2. The molecule has 2 rings (SSSR count). The fourth-order valence-corrected chi connectivity index (χ4v) is 2.06. The summed E-state index contributed by atoms with van der Waals surface area (Å²) in [5.74, 6) is -0.545. The number of benzene rings is 1. The minimum absolute atomic E-state index is 0.142. The molecular weight excluding hydrogens is 176 g/mol. The molecule has 1 aromatic rings. The second-order valence-corrected chi connectivity index (χ2v) is 4.21. The van der Waals surface area contributed by atoms with E-state index in [0.717, 1.165) is 6.42 Å². The molecule has 0 aliphatic heterocycles. The van der Waals surface area contributed by atoms with Gasteiger partial charge in [0.05, 0.1) is 5.92 Å². The number of carboxylic acids is 1. The molecule has 2 atom stereocenters. The lowest BCUT2D eigenvalue weighted by molar-refractivity contribution is -0.138. The van der Waals surface area contributed by atoms with E-state index in [1.54, 1.807) is 0 Å². The van der Waals surface area contributed by atoms with Gasteiger partial charge in [0.25, 0.3) is 0 Å². The summed E-state index contributed by atoms with van der Waals surface area (Å²) >= 11 is 0. The largest absolute Gasteiger partial charge is 0.481 e. The summed E-state index contributed by atoms with van der Waals surface area (Å²) in [6, 6.07) is 6.31. The molecule has 0 aromatic heterocycles. The van der Waals surface area contributed by atoms with Gasteiger partial charge in [-0.05, 0) is 31.7 Å². The van der Waals surface area contributed by atoms with Gasteiger partial charge in [0.15, 0.2) is 0 Å². The average molecular weight is 190 g/mol. The highest BCUT2D eigenvalue weighted by Crippen LogP contribution is 2.47. The van der Waals surface area contributed by atoms with Gasteiger partial charge in [-0.3, -0.25) is 4.79 Å². The van der Waals surface area contributed by atoms with Crippen LogP contribution in [-0.4, -0.2) is 11.1 Å². The van der Waals surface area contributed by atoms with E-state index in [4.69, 9.17) is 5.11 Å². The quantitative estimate of drug-likeness (QED) is 0.778. The van der Waals surface area contributed by atoms with Crippen LogP contribution in [0.2, 0.25) is 0 Å². The number of hydrogen-bond donors (Lipinski definition) is 1. The van der Waals surface area contributed by atoms with Crippen LogP contribution >= 0.6 is 0 Å². The van der Waals surface area contributed by atoms with Crippen molar-refractivity contribution in [2.45, 2.75) is 26.2 Å². The lowest BCUT2D eigenvalue weighted by Crippen LogP contribution is -1.99. The standard InChI is InChI=1S/C12H14O2/c1-7-3-8(2)5-9(4-7)10-6-11(10)12(13)14/h3-5,10-11H,6H2,1-2H3,(H,13,14). The predicted molar refractivity (Wildman–Crippen MR) is 54.4 cm³/mol. The van der Waals surface area contributed by atoms with Crippen LogP contribution in [0.25, 0.3) is 0 Å². The van der Waals surface area contributed by atoms with Gasteiger partial charge in [0, 0.05) is 0 Å². The molecule has 0 bridgehead atoms. The third kappa shape index (κ3) is 1.65. The molecule has 0 heterocycles. The van der Waals surface area contributed by atoms with E-state index >= 15 is 0 Å². The number of carbonyl (C=O) groups is 1. The lowest BCUT2D eigenvalue weighted by atomic mass is 10.0. The average Bonchev–Trinajstić information content (AvgIpc) is 2.79. The lowest BCUT2D eigenvalue weighted by Gasteiger charge is -2.03. The topological polar surface area (TPSA) is 37.3 Å². The maximum atomic E-state index is 10.7. The normalized spacial score (nSPS) is 24.7. The summed E-state index contributed by atoms with van der Waals surface area (Å²) in [7, 11) is 0. The number of carboxylic acid groups (broad SMARTS) is 1. The first-order valence-corrected chi connectivity index (χ1v) is 4.89. The van der Waals surface area contributed by atoms with E-state index in [1.165, 1.54) is 16.7 Å². The summed E-state index contributed by atoms with van der Waals surface area (Å²) in [5.41, 5.74) is 3.63. The summed E-state index contributed by atoms with van der Waals surface area (Å²) in [6.07, 6.45) is 0.804. The minimum Gasteiger partial charge on any atom is -0.481 e. The molecule has 0 radical (unpaired) electrons. The third-order valence-corrected chi connectivity index (χ3v) is 2.78. The Balaban J connectivity index is 2.23. The Kier molecular flexibility index (Phi) is 2.06. The van der Waals surface area contributed by atoms with Crippen LogP contribution in [0.3, 0.4) is 0 Å². The zero-order valence-corrected chi connectivity index (χ0v) is 8.45. The van der Waals surface area contributed by atoms with Crippen molar-refractivity contribution in [2.24, 2.45) is 5.92 Å². The fourth-order valence-electron chi connectivity index (χ4n) is 2.06. The number of hydrogen-bond acceptors (Lipinski definition) is 1. The Hall–Kier alpha value is -1.31. The van der Waals surface area contributed by atoms with Gasteiger partial charge in [0.2, 0.25) is 0 Å². The Labute approximate surface area is 83.6 Å². The highest BCUT2D eigenvalue weighted by atomic mass is 16.4. The molecule has 0 saturated heterocycles. The molecule has 14 heavy (non-hydrogen) atoms. The Morgan fingerprint density at radius 3 is 2.29 bits per heavy atom. The van der Waals surface area contributed by atoms with Crippen molar-refractivity contribution in [2.75, 3.05) is 0 Å². The summed E-state index contributed by atoms with van der Waals surface area (Å²) < 4.78 is 0. The van der Waals surface area contributed by atoms with Crippen LogP contribution in [-0.2, 0) is 4.79 Å². The highest BCUT2D eigenvalue weighted by Gasteiger charge is 2.44. The zero-order valence-electron chi connectivity index (χ0n) is 8.45. The molecule has 0 amide bonds. The van der Waals surface area contributed by atoms with Gasteiger partial charge in [-0.1, -0.05) is 29.3 Å². The summed E-state index contributed by atoms with van der Waals surface area (Å²) in [5, 5.41) is 8.82. The van der Waals surface area contributed by atoms with E-state index in [1.807, 2.05) is 0 Å². The molecule has 1 aliphatic rings. The SMILES string of the molecule is Cc1cc(C)cc(C2CC2C(=O)O)c1. The van der Waals surface area contributed by atoms with Crippen LogP contribution in [0, 0.1) is 19.8 Å². The van der Waals surface area contributed by atoms with Crippen molar-refractivity contribution < 1.29 is 9.90 Å². The fraction of sp³-hybridized carbons (Fsp3) is 0.417. The van der Waals surface area contributed by atoms with Crippen LogP contribution in [0.15, 0.2) is 18.2 Å². The number of aryl methyl sites for hydroxylation is 2. The van der Waals surface area contributed by atoms with Crippen LogP contribution in [0.1, 0.15) is 29.0 Å². The Morgan fingerprint density at radius 1 is 1.29 bits per heavy atom. The Morgan fingerprint density at radius 2 is 1.86 bits per heavy atom. The van der Waals surface area contributed by atoms with E-state index in [2.05, 4.69) is 32.0 Å². The van der Waals surface area contributed by atoms with Crippen molar-refractivity contribution in [3.63, 3.8) is 0 Å². The monoisotopic (exact) mass is 190 g/mol. The highest BCUT2D eigenvalue weighted by molar-refractivity contribution is 5.75. The summed E-state index contributed by atoms with van der Waals surface area (Å²) in [6.45, 7) is 4.10. The zero-order chi connectivity index (χ0) is 10.3. The second kappa shape index (κ2) is 3.12. The smallest absolute Gasteiger partial charge is 0.307 e. The van der Waals surface area contributed by atoms with Crippen LogP contribution < -0.4 is 0 Å². The van der Waals surface area contributed by atoms with E-state index in [9.17, 15) is 4.79 Å². The molecule has 2 nitrogen and oxygen atoms in total. The predicted octanol–water partition coefficient (Wildman–Crippen LogP) is 2.49. The molecule has 1 aromatic carbocycles. The molecule has 0 spiro atoms. The third-order valence-electron chi connectivity index (χ3n) is 2.78. The summed E-state index contributed by atoms with van der Waals surface area (Å²) in [4.78, 5) is 10.7. The van der Waals surface area contributed by atoms with Crippen molar-refractivity contribution in [1.29, 1.82) is 0 Å². The Bertz CT molecular complexity index is 362. The molecule has 1 aliphatic carbocycles. The first-order valence-electron chi connectivity index (χ1n) is 4.89. The maximum Gasteiger partial charge on any atom is 0.307 e. The molecule has 1 fully saturated rings. The maximum absolute atomic E-state index is 10.7. The van der Waals surface area contributed by atoms with E-state index in [0.29, 0.717) is 0 Å². The van der Waals surface area contributed by atoms with Crippen LogP contribution in [0.4, 0.5) is 0 Å². The van der Waals surface area contributed by atoms with Crippen LogP contribution in [0.5, 0.6) is 0 Å². The van der Waals surface area contributed by atoms with Gasteiger partial charge in [0.1, 0.15) is 0 Å². The number of rotatable bonds is 2. The van der Waals surface area contributed by atoms with Gasteiger partial charge in [-0.2, -0.15) is 0 Å². The molecule has 1 N–H and O–H groups in total. The van der Waals surface area contributed by atoms with Gasteiger partial charge >= 0.3 is 5.97 Å². The van der Waals surface area contributed by atoms with Gasteiger partial charge < -0.3 is 5.11 Å². The van der Waals surface area contributed by atoms with Crippen molar-refractivity contribution in [1.82, 2.24) is 0 Å². The first kappa shape index (κ1) is 9.25. The first-order chi connectivity index (χ1) is 6.58. The molecule has 2 heteroatoms. The van der Waals surface area contributed by atoms with Crippen molar-refractivity contribution >= 4 is 5.97 Å². The van der Waals surface area contributed by atoms with Crippen molar-refractivity contribution in [3.05, 3.63) is 34.9 Å². The molecule has 74 valence electrons. The van der Waals surface area contributed by atoms with E-state index < -0.39 is 5.97 Å². The minimum atomic E-state index is -0.658. The number of aliphatic carboxylic acids is 1. The second-order valence-electron chi connectivity index (χ2n) is 4.21. The van der Waals surface area contributed by atoms with Gasteiger partial charge in [-0.15, -0.1) is 0 Å². The molecule has 2 unspecified atom stereocenters. The molecule has 1 saturated carbocycles.